The van der Waals surface area contributed by atoms with E-state index in [0.717, 1.165) is 0 Å². The van der Waals surface area contributed by atoms with Crippen molar-refractivity contribution in [3.63, 3.8) is 0 Å². The summed E-state index contributed by atoms with van der Waals surface area (Å²) >= 11 is 3.83. The summed E-state index contributed by atoms with van der Waals surface area (Å²) in [5, 5.41) is 13.2. The molecule has 0 fully saturated rings. The fourth-order valence-electron chi connectivity index (χ4n) is 8.35. The van der Waals surface area contributed by atoms with E-state index in [0.29, 0.717) is 0 Å². The largest absolute Gasteiger partial charge is 0.135 e. The standard InChI is InChI=1S/C48H28S2/c1-2-13-29(14-3-1)43-34-19-6-8-21-36(34)44(37-22-9-7-20-35(37)43)31-16-12-17-32(27-31)45-33-18-5-4-15-30(33)28-39-47-42(50-48(39)45)26-25-41-46(47)38-23-10-11-24-40(38)49-41/h1-28H. The summed E-state index contributed by atoms with van der Waals surface area (Å²) in [6.45, 7) is 0. The highest BCUT2D eigenvalue weighted by molar-refractivity contribution is 7.28. The molecule has 2 heteroatoms. The molecular weight excluding hydrogens is 641 g/mol. The highest BCUT2D eigenvalue weighted by atomic mass is 32.1. The van der Waals surface area contributed by atoms with Crippen molar-refractivity contribution in [2.75, 3.05) is 0 Å². The van der Waals surface area contributed by atoms with Crippen molar-refractivity contribution in [2.24, 2.45) is 0 Å². The third-order valence-electron chi connectivity index (χ3n) is 10.4. The van der Waals surface area contributed by atoms with Crippen LogP contribution in [0.15, 0.2) is 170 Å². The maximum Gasteiger partial charge on any atom is 0.0440 e. The number of benzene rings is 9. The topological polar surface area (TPSA) is 0 Å². The Labute approximate surface area is 297 Å². The first-order chi connectivity index (χ1) is 24.8. The Balaban J connectivity index is 1.23. The zero-order valence-electron chi connectivity index (χ0n) is 27.0. The monoisotopic (exact) mass is 668 g/mol. The molecule has 9 aromatic carbocycles. The van der Waals surface area contributed by atoms with Gasteiger partial charge in [0.15, 0.2) is 0 Å². The van der Waals surface area contributed by atoms with Gasteiger partial charge in [-0.3, -0.25) is 0 Å². The first-order valence-electron chi connectivity index (χ1n) is 17.1. The SMILES string of the molecule is c1ccc(-c2c3ccccc3c(-c3cccc(-c4c5ccccc5cc5c4sc4ccc6sc7ccccc7c6c45)c3)c3ccccc23)cc1. The van der Waals surface area contributed by atoms with Crippen LogP contribution in [0.4, 0.5) is 0 Å². The summed E-state index contributed by atoms with van der Waals surface area (Å²) in [7, 11) is 0. The van der Waals surface area contributed by atoms with Crippen LogP contribution in [0.5, 0.6) is 0 Å². The average molecular weight is 669 g/mol. The van der Waals surface area contributed by atoms with Crippen molar-refractivity contribution in [1.29, 1.82) is 0 Å². The van der Waals surface area contributed by atoms with E-state index < -0.39 is 0 Å². The summed E-state index contributed by atoms with van der Waals surface area (Å²) < 4.78 is 5.40. The second-order valence-electron chi connectivity index (χ2n) is 13.1. The van der Waals surface area contributed by atoms with Gasteiger partial charge < -0.3 is 0 Å². The molecule has 0 radical (unpaired) electrons. The molecule has 11 rings (SSSR count). The number of hydrogen-bond acceptors (Lipinski definition) is 2. The smallest absolute Gasteiger partial charge is 0.0440 e. The highest BCUT2D eigenvalue weighted by Crippen LogP contribution is 2.50. The van der Waals surface area contributed by atoms with Crippen molar-refractivity contribution >= 4 is 95.3 Å². The Morgan fingerprint density at radius 3 is 1.48 bits per heavy atom. The predicted octanol–water partition coefficient (Wildman–Crippen LogP) is 14.9. The molecule has 50 heavy (non-hydrogen) atoms. The lowest BCUT2D eigenvalue weighted by atomic mass is 9.85. The van der Waals surface area contributed by atoms with Gasteiger partial charge in [0.05, 0.1) is 0 Å². The zero-order chi connectivity index (χ0) is 32.8. The van der Waals surface area contributed by atoms with Crippen molar-refractivity contribution in [1.82, 2.24) is 0 Å². The highest BCUT2D eigenvalue weighted by Gasteiger charge is 2.20. The number of thiophene rings is 2. The van der Waals surface area contributed by atoms with E-state index >= 15 is 0 Å². The molecule has 0 N–H and O–H groups in total. The van der Waals surface area contributed by atoms with Crippen LogP contribution in [0.1, 0.15) is 0 Å². The van der Waals surface area contributed by atoms with Crippen LogP contribution in [0, 0.1) is 0 Å². The Hall–Kier alpha value is -5.80. The predicted molar refractivity (Wildman–Crippen MR) is 221 cm³/mol. The number of rotatable bonds is 3. The van der Waals surface area contributed by atoms with E-state index in [1.807, 2.05) is 22.7 Å². The molecule has 0 nitrogen and oxygen atoms in total. The van der Waals surface area contributed by atoms with Crippen LogP contribution in [-0.4, -0.2) is 0 Å². The third-order valence-corrected chi connectivity index (χ3v) is 12.7. The summed E-state index contributed by atoms with van der Waals surface area (Å²) in [5.41, 5.74) is 7.64. The minimum atomic E-state index is 1.24. The molecule has 0 amide bonds. The second-order valence-corrected chi connectivity index (χ2v) is 15.3. The molecule has 0 saturated carbocycles. The van der Waals surface area contributed by atoms with E-state index in [4.69, 9.17) is 0 Å². The summed E-state index contributed by atoms with van der Waals surface area (Å²) in [4.78, 5) is 0. The molecule has 0 atom stereocenters. The maximum absolute atomic E-state index is 2.44. The normalized spacial score (nSPS) is 12.0. The first-order valence-corrected chi connectivity index (χ1v) is 18.7. The Morgan fingerprint density at radius 2 is 0.780 bits per heavy atom. The molecule has 0 aliphatic rings. The lowest BCUT2D eigenvalue weighted by Gasteiger charge is -2.18. The molecule has 0 aliphatic heterocycles. The summed E-state index contributed by atoms with van der Waals surface area (Å²) in [6.07, 6.45) is 0. The van der Waals surface area contributed by atoms with Crippen molar-refractivity contribution in [3.05, 3.63) is 170 Å². The molecule has 232 valence electrons. The fourth-order valence-corrected chi connectivity index (χ4v) is 10.7. The van der Waals surface area contributed by atoms with Gasteiger partial charge in [0.1, 0.15) is 0 Å². The van der Waals surface area contributed by atoms with Gasteiger partial charge in [-0.2, -0.15) is 0 Å². The van der Waals surface area contributed by atoms with Gasteiger partial charge in [-0.1, -0.05) is 140 Å². The lowest BCUT2D eigenvalue weighted by molar-refractivity contribution is 1.64. The maximum atomic E-state index is 2.44. The minimum absolute atomic E-state index is 1.24. The van der Waals surface area contributed by atoms with Crippen LogP contribution in [0.3, 0.4) is 0 Å². The van der Waals surface area contributed by atoms with Gasteiger partial charge in [0.25, 0.3) is 0 Å². The summed E-state index contributed by atoms with van der Waals surface area (Å²) in [5.74, 6) is 0. The van der Waals surface area contributed by atoms with Gasteiger partial charge in [-0.05, 0) is 90.5 Å². The Kier molecular flexibility index (Phi) is 6.09. The fraction of sp³-hybridized carbons (Fsp3) is 0. The van der Waals surface area contributed by atoms with E-state index in [2.05, 4.69) is 170 Å². The Bertz CT molecular complexity index is 3080. The van der Waals surface area contributed by atoms with E-state index in [-0.39, 0.29) is 0 Å². The Morgan fingerprint density at radius 1 is 0.280 bits per heavy atom. The first kappa shape index (κ1) is 28.1. The van der Waals surface area contributed by atoms with Gasteiger partial charge >= 0.3 is 0 Å². The van der Waals surface area contributed by atoms with Gasteiger partial charge in [0.2, 0.25) is 0 Å². The van der Waals surface area contributed by atoms with Crippen LogP contribution in [0.2, 0.25) is 0 Å². The molecular formula is C48H28S2. The van der Waals surface area contributed by atoms with Crippen molar-refractivity contribution < 1.29 is 0 Å². The van der Waals surface area contributed by atoms with Crippen molar-refractivity contribution in [2.45, 2.75) is 0 Å². The van der Waals surface area contributed by atoms with Gasteiger partial charge in [0, 0.05) is 45.9 Å². The number of hydrogen-bond donors (Lipinski definition) is 0. The molecule has 0 saturated heterocycles. The van der Waals surface area contributed by atoms with E-state index in [9.17, 15) is 0 Å². The summed E-state index contributed by atoms with van der Waals surface area (Å²) in [6, 6.07) is 63.0. The van der Waals surface area contributed by atoms with Crippen molar-refractivity contribution in [3.8, 4) is 33.4 Å². The van der Waals surface area contributed by atoms with Crippen LogP contribution >= 0.6 is 22.7 Å². The van der Waals surface area contributed by atoms with E-state index in [1.54, 1.807) is 0 Å². The lowest BCUT2D eigenvalue weighted by Crippen LogP contribution is -1.91. The second kappa shape index (κ2) is 10.9. The van der Waals surface area contributed by atoms with Gasteiger partial charge in [-0.25, -0.2) is 0 Å². The van der Waals surface area contributed by atoms with Crippen LogP contribution < -0.4 is 0 Å². The quantitative estimate of drug-likeness (QED) is 0.164. The molecule has 2 heterocycles. The molecule has 0 spiro atoms. The molecule has 0 aliphatic carbocycles. The molecule has 0 bridgehead atoms. The van der Waals surface area contributed by atoms with Crippen LogP contribution in [-0.2, 0) is 0 Å². The average Bonchev–Trinajstić information content (AvgIpc) is 3.74. The zero-order valence-corrected chi connectivity index (χ0v) is 28.6. The third kappa shape index (κ3) is 4.04. The molecule has 0 unspecified atom stereocenters. The van der Waals surface area contributed by atoms with Crippen LogP contribution in [0.25, 0.3) is 106 Å². The molecule has 2 aromatic heterocycles. The van der Waals surface area contributed by atoms with E-state index in [1.165, 1.54) is 106 Å². The minimum Gasteiger partial charge on any atom is -0.135 e. The number of fused-ring (bicyclic) bond motifs is 10. The van der Waals surface area contributed by atoms with Gasteiger partial charge in [-0.15, -0.1) is 22.7 Å². The molecule has 11 aromatic rings.